The van der Waals surface area contributed by atoms with E-state index in [0.29, 0.717) is 24.3 Å². The number of rotatable bonds is 5. The van der Waals surface area contributed by atoms with E-state index in [1.165, 1.54) is 5.56 Å². The SMILES string of the molecule is CC(C)C(=O)N1CCC(c2ccnc3[nH]c4cc(S(=O)(=O)NC5(C#N)CC5)ccc4c23)CC1. The molecule has 1 saturated carbocycles. The number of nitriles is 1. The van der Waals surface area contributed by atoms with E-state index >= 15 is 0 Å². The summed E-state index contributed by atoms with van der Waals surface area (Å²) in [5.41, 5.74) is 1.64. The molecule has 5 rings (SSSR count). The highest BCUT2D eigenvalue weighted by molar-refractivity contribution is 7.89. The second-order valence-electron chi connectivity index (χ2n) is 9.51. The summed E-state index contributed by atoms with van der Waals surface area (Å²) in [7, 11) is -3.80. The molecule has 8 nitrogen and oxygen atoms in total. The molecule has 9 heteroatoms. The summed E-state index contributed by atoms with van der Waals surface area (Å²) in [5, 5.41) is 11.2. The summed E-state index contributed by atoms with van der Waals surface area (Å²) < 4.78 is 28.2. The van der Waals surface area contributed by atoms with Gasteiger partial charge < -0.3 is 9.88 Å². The van der Waals surface area contributed by atoms with Crippen molar-refractivity contribution in [2.24, 2.45) is 5.92 Å². The Hall–Kier alpha value is -2.96. The number of H-pyrrole nitrogens is 1. The van der Waals surface area contributed by atoms with Gasteiger partial charge in [0.25, 0.3) is 0 Å². The van der Waals surface area contributed by atoms with Gasteiger partial charge in [-0.05, 0) is 55.4 Å². The Morgan fingerprint density at radius 3 is 2.64 bits per heavy atom. The van der Waals surface area contributed by atoms with Gasteiger partial charge in [-0.1, -0.05) is 19.9 Å². The maximum atomic E-state index is 12.8. The van der Waals surface area contributed by atoms with Crippen molar-refractivity contribution in [3.05, 3.63) is 36.0 Å². The number of likely N-dealkylation sites (tertiary alicyclic amines) is 1. The van der Waals surface area contributed by atoms with Crippen LogP contribution in [0.3, 0.4) is 0 Å². The fourth-order valence-corrected chi connectivity index (χ4v) is 6.19. The molecule has 2 aliphatic rings. The second-order valence-corrected chi connectivity index (χ2v) is 11.2. The van der Waals surface area contributed by atoms with E-state index in [1.807, 2.05) is 30.9 Å². The molecule has 2 aromatic heterocycles. The number of pyridine rings is 1. The first kappa shape index (κ1) is 21.9. The lowest BCUT2D eigenvalue weighted by Gasteiger charge is -2.33. The summed E-state index contributed by atoms with van der Waals surface area (Å²) in [5.74, 6) is 0.513. The molecule has 0 atom stereocenters. The monoisotopic (exact) mass is 465 g/mol. The smallest absolute Gasteiger partial charge is 0.242 e. The van der Waals surface area contributed by atoms with Crippen LogP contribution in [0, 0.1) is 17.2 Å². The van der Waals surface area contributed by atoms with Gasteiger partial charge in [-0.15, -0.1) is 0 Å². The normalized spacial score (nSPS) is 18.7. The molecule has 172 valence electrons. The van der Waals surface area contributed by atoms with Crippen LogP contribution in [0.2, 0.25) is 0 Å². The average molecular weight is 466 g/mol. The zero-order valence-electron chi connectivity index (χ0n) is 18.8. The Bertz CT molecular complexity index is 1390. The molecule has 1 amide bonds. The maximum absolute atomic E-state index is 12.8. The minimum Gasteiger partial charge on any atom is -0.342 e. The van der Waals surface area contributed by atoms with Crippen LogP contribution in [-0.4, -0.2) is 47.8 Å². The van der Waals surface area contributed by atoms with Crippen LogP contribution >= 0.6 is 0 Å². The number of fused-ring (bicyclic) bond motifs is 3. The van der Waals surface area contributed by atoms with E-state index in [9.17, 15) is 18.5 Å². The van der Waals surface area contributed by atoms with Crippen LogP contribution in [0.4, 0.5) is 0 Å². The van der Waals surface area contributed by atoms with Crippen LogP contribution in [0.1, 0.15) is 51.0 Å². The number of nitrogens with one attached hydrogen (secondary N) is 2. The fraction of sp³-hybridized carbons (Fsp3) is 0.458. The number of nitrogens with zero attached hydrogens (tertiary/aromatic N) is 3. The molecule has 2 fully saturated rings. The number of hydrogen-bond acceptors (Lipinski definition) is 5. The topological polar surface area (TPSA) is 119 Å². The number of benzene rings is 1. The van der Waals surface area contributed by atoms with Crippen LogP contribution < -0.4 is 4.72 Å². The van der Waals surface area contributed by atoms with Crippen molar-refractivity contribution in [2.75, 3.05) is 13.1 Å². The molecule has 3 heterocycles. The minimum absolute atomic E-state index is 0.00529. The fourth-order valence-electron chi connectivity index (χ4n) is 4.79. The highest BCUT2D eigenvalue weighted by Gasteiger charge is 2.46. The molecule has 1 saturated heterocycles. The molecule has 1 aromatic carbocycles. The zero-order chi connectivity index (χ0) is 23.4. The number of carbonyl (C=O) groups is 1. The number of hydrogen-bond donors (Lipinski definition) is 2. The Kier molecular flexibility index (Phi) is 5.18. The molecule has 0 spiro atoms. The maximum Gasteiger partial charge on any atom is 0.242 e. The first-order valence-electron chi connectivity index (χ1n) is 11.4. The third kappa shape index (κ3) is 3.87. The Balaban J connectivity index is 1.47. The van der Waals surface area contributed by atoms with Crippen molar-refractivity contribution >= 4 is 37.9 Å². The Labute approximate surface area is 193 Å². The van der Waals surface area contributed by atoms with Crippen LogP contribution in [0.25, 0.3) is 21.9 Å². The number of carbonyl (C=O) groups excluding carboxylic acids is 1. The van der Waals surface area contributed by atoms with E-state index < -0.39 is 15.6 Å². The number of sulfonamides is 1. The van der Waals surface area contributed by atoms with Crippen molar-refractivity contribution in [1.82, 2.24) is 19.6 Å². The Morgan fingerprint density at radius 2 is 2.00 bits per heavy atom. The van der Waals surface area contributed by atoms with Gasteiger partial charge in [0.1, 0.15) is 11.2 Å². The van der Waals surface area contributed by atoms with Gasteiger partial charge in [0, 0.05) is 41.5 Å². The first-order valence-corrected chi connectivity index (χ1v) is 12.9. The van der Waals surface area contributed by atoms with E-state index in [0.717, 1.165) is 42.4 Å². The van der Waals surface area contributed by atoms with Crippen molar-refractivity contribution in [3.8, 4) is 6.07 Å². The molecular formula is C24H27N5O3S. The van der Waals surface area contributed by atoms with Gasteiger partial charge in [-0.3, -0.25) is 4.79 Å². The van der Waals surface area contributed by atoms with E-state index in [2.05, 4.69) is 20.8 Å². The van der Waals surface area contributed by atoms with Gasteiger partial charge >= 0.3 is 0 Å². The van der Waals surface area contributed by atoms with Gasteiger partial charge in [-0.25, -0.2) is 13.4 Å². The number of piperidine rings is 1. The van der Waals surface area contributed by atoms with E-state index in [4.69, 9.17) is 0 Å². The predicted octanol–water partition coefficient (Wildman–Crippen LogP) is 3.41. The van der Waals surface area contributed by atoms with Crippen molar-refractivity contribution in [1.29, 1.82) is 5.26 Å². The lowest BCUT2D eigenvalue weighted by molar-refractivity contribution is -0.135. The van der Waals surface area contributed by atoms with Crippen LogP contribution in [0.15, 0.2) is 35.4 Å². The molecular weight excluding hydrogens is 438 g/mol. The Morgan fingerprint density at radius 1 is 1.27 bits per heavy atom. The predicted molar refractivity (Wildman–Crippen MR) is 125 cm³/mol. The first-order chi connectivity index (χ1) is 15.7. The van der Waals surface area contributed by atoms with Crippen molar-refractivity contribution < 1.29 is 13.2 Å². The third-order valence-corrected chi connectivity index (χ3v) is 8.38. The van der Waals surface area contributed by atoms with Crippen molar-refractivity contribution in [2.45, 2.75) is 55.9 Å². The van der Waals surface area contributed by atoms with Gasteiger partial charge in [0.15, 0.2) is 0 Å². The lowest BCUT2D eigenvalue weighted by Crippen LogP contribution is -2.40. The lowest BCUT2D eigenvalue weighted by atomic mass is 9.87. The zero-order valence-corrected chi connectivity index (χ0v) is 19.6. The molecule has 0 unspecified atom stereocenters. The highest BCUT2D eigenvalue weighted by Crippen LogP contribution is 2.38. The van der Waals surface area contributed by atoms with Crippen LogP contribution in [-0.2, 0) is 14.8 Å². The summed E-state index contributed by atoms with van der Waals surface area (Å²) in [6.07, 6.45) is 4.62. The number of amides is 1. The summed E-state index contributed by atoms with van der Waals surface area (Å²) >= 11 is 0. The summed E-state index contributed by atoms with van der Waals surface area (Å²) in [6, 6.07) is 9.12. The molecule has 0 radical (unpaired) electrons. The minimum atomic E-state index is -3.80. The number of aromatic nitrogens is 2. The van der Waals surface area contributed by atoms with Gasteiger partial charge in [0.05, 0.1) is 11.0 Å². The molecule has 3 aromatic rings. The largest absolute Gasteiger partial charge is 0.342 e. The standard InChI is InChI=1S/C24H27N5O3S/c1-15(2)23(30)29-11-6-16(7-12-29)18-5-10-26-22-21(18)19-4-3-17(13-20(19)27-22)33(31,32)28-24(14-25)8-9-24/h3-5,10,13,15-16,28H,6-9,11-12H2,1-2H3,(H,26,27). The summed E-state index contributed by atoms with van der Waals surface area (Å²) in [6.45, 7) is 5.34. The average Bonchev–Trinajstić information content (AvgIpc) is 3.47. The van der Waals surface area contributed by atoms with Crippen LogP contribution in [0.5, 0.6) is 0 Å². The quantitative estimate of drug-likeness (QED) is 0.598. The molecule has 33 heavy (non-hydrogen) atoms. The van der Waals surface area contributed by atoms with Gasteiger partial charge in [0.2, 0.25) is 15.9 Å². The number of aromatic amines is 1. The molecule has 0 bridgehead atoms. The molecule has 1 aliphatic heterocycles. The van der Waals surface area contributed by atoms with Gasteiger partial charge in [-0.2, -0.15) is 9.98 Å². The van der Waals surface area contributed by atoms with E-state index in [1.54, 1.807) is 18.3 Å². The highest BCUT2D eigenvalue weighted by atomic mass is 32.2. The van der Waals surface area contributed by atoms with E-state index in [-0.39, 0.29) is 16.7 Å². The second kappa shape index (κ2) is 7.82. The third-order valence-electron chi connectivity index (χ3n) is 6.84. The molecule has 2 N–H and O–H groups in total. The van der Waals surface area contributed by atoms with Crippen molar-refractivity contribution in [3.63, 3.8) is 0 Å². The summed E-state index contributed by atoms with van der Waals surface area (Å²) in [4.78, 5) is 22.2. The molecule has 1 aliphatic carbocycles.